The number of carbonyl (C=O) groups is 1. The van der Waals surface area contributed by atoms with Gasteiger partial charge in [0.1, 0.15) is 0 Å². The molecule has 0 aliphatic carbocycles. The summed E-state index contributed by atoms with van der Waals surface area (Å²) in [5.41, 5.74) is 0.898. The smallest absolute Gasteiger partial charge is 0.269 e. The van der Waals surface area contributed by atoms with Crippen molar-refractivity contribution in [2.24, 2.45) is 0 Å². The summed E-state index contributed by atoms with van der Waals surface area (Å²) >= 11 is 0. The lowest BCUT2D eigenvalue weighted by atomic mass is 10.2. The second-order valence-corrected chi connectivity index (χ2v) is 6.68. The summed E-state index contributed by atoms with van der Waals surface area (Å²) in [5, 5.41) is 16.7. The highest BCUT2D eigenvalue weighted by Crippen LogP contribution is 2.15. The lowest BCUT2D eigenvalue weighted by molar-refractivity contribution is -0.384. The molecule has 0 bridgehead atoms. The molecule has 0 radical (unpaired) electrons. The Balaban J connectivity index is 1.49. The highest BCUT2D eigenvalue weighted by atomic mass is 16.6. The van der Waals surface area contributed by atoms with Gasteiger partial charge in [-0.05, 0) is 38.6 Å². The minimum Gasteiger partial charge on any atom is -0.385 e. The van der Waals surface area contributed by atoms with Crippen molar-refractivity contribution in [3.63, 3.8) is 0 Å². The van der Waals surface area contributed by atoms with Crippen molar-refractivity contribution >= 4 is 17.3 Å². The maximum absolute atomic E-state index is 11.8. The van der Waals surface area contributed by atoms with Crippen LogP contribution in [0, 0.1) is 10.1 Å². The fraction of sp³-hybridized carbons (Fsp3) is 0.611. The highest BCUT2D eigenvalue weighted by Gasteiger charge is 2.12. The molecule has 8 heteroatoms. The van der Waals surface area contributed by atoms with Gasteiger partial charge >= 0.3 is 0 Å². The first-order valence-corrected chi connectivity index (χ1v) is 9.20. The van der Waals surface area contributed by atoms with E-state index in [1.54, 1.807) is 12.1 Å². The molecule has 0 aromatic heterocycles. The van der Waals surface area contributed by atoms with E-state index in [1.807, 2.05) is 0 Å². The summed E-state index contributed by atoms with van der Waals surface area (Å²) in [7, 11) is 2.15. The van der Waals surface area contributed by atoms with Gasteiger partial charge in [0.2, 0.25) is 5.91 Å². The summed E-state index contributed by atoms with van der Waals surface area (Å²) < 4.78 is 0. The van der Waals surface area contributed by atoms with Crippen molar-refractivity contribution in [3.8, 4) is 0 Å². The van der Waals surface area contributed by atoms with Crippen molar-refractivity contribution in [1.82, 2.24) is 15.1 Å². The molecule has 8 nitrogen and oxygen atoms in total. The Morgan fingerprint density at radius 1 is 1.12 bits per heavy atom. The molecule has 1 fully saturated rings. The lowest BCUT2D eigenvalue weighted by Gasteiger charge is -2.32. The maximum Gasteiger partial charge on any atom is 0.269 e. The minimum absolute atomic E-state index is 0.0755. The average molecular weight is 363 g/mol. The molecule has 0 unspecified atom stereocenters. The molecule has 1 amide bonds. The van der Waals surface area contributed by atoms with Gasteiger partial charge in [-0.3, -0.25) is 14.9 Å². The van der Waals surface area contributed by atoms with Crippen LogP contribution in [0.2, 0.25) is 0 Å². The predicted molar refractivity (Wildman–Crippen MR) is 102 cm³/mol. The van der Waals surface area contributed by atoms with E-state index in [9.17, 15) is 14.9 Å². The maximum atomic E-state index is 11.8. The number of piperazine rings is 1. The Morgan fingerprint density at radius 3 is 2.46 bits per heavy atom. The predicted octanol–water partition coefficient (Wildman–Crippen LogP) is 1.54. The number of non-ortho nitro benzene ring substituents is 1. The van der Waals surface area contributed by atoms with Crippen molar-refractivity contribution in [2.45, 2.75) is 19.3 Å². The molecule has 1 aliphatic rings. The van der Waals surface area contributed by atoms with Gasteiger partial charge in [-0.2, -0.15) is 0 Å². The number of nitro groups is 1. The number of benzene rings is 1. The Bertz CT molecular complexity index is 571. The number of hydrogen-bond donors (Lipinski definition) is 2. The van der Waals surface area contributed by atoms with E-state index < -0.39 is 4.92 Å². The summed E-state index contributed by atoms with van der Waals surface area (Å²) in [4.78, 5) is 26.8. The number of likely N-dealkylation sites (N-methyl/N-ethyl adjacent to an activating group) is 1. The third-order valence-corrected chi connectivity index (χ3v) is 4.56. The molecule has 1 aliphatic heterocycles. The topological polar surface area (TPSA) is 90.8 Å². The average Bonchev–Trinajstić information content (AvgIpc) is 2.64. The van der Waals surface area contributed by atoms with Gasteiger partial charge in [-0.1, -0.05) is 0 Å². The van der Waals surface area contributed by atoms with Crippen LogP contribution in [-0.2, 0) is 4.79 Å². The summed E-state index contributed by atoms with van der Waals surface area (Å²) in [5.74, 6) is 0.0777. The molecule has 2 N–H and O–H groups in total. The summed E-state index contributed by atoms with van der Waals surface area (Å²) in [6.45, 7) is 6.88. The normalized spacial score (nSPS) is 15.6. The Morgan fingerprint density at radius 2 is 1.81 bits per heavy atom. The fourth-order valence-electron chi connectivity index (χ4n) is 2.87. The second-order valence-electron chi connectivity index (χ2n) is 6.68. The van der Waals surface area contributed by atoms with Crippen molar-refractivity contribution in [3.05, 3.63) is 34.4 Å². The first-order chi connectivity index (χ1) is 12.5. The zero-order chi connectivity index (χ0) is 18.8. The van der Waals surface area contributed by atoms with Crippen LogP contribution < -0.4 is 10.6 Å². The molecular weight excluding hydrogens is 334 g/mol. The standard InChI is InChI=1S/C18H29N5O3/c1-21-12-14-22(15-13-21)11-3-10-20-18(24)4-2-9-19-16-5-7-17(8-6-16)23(25)26/h5-8,19H,2-4,9-15H2,1H3,(H,20,24). The number of carbonyl (C=O) groups excluding carboxylic acids is 1. The minimum atomic E-state index is -0.419. The van der Waals surface area contributed by atoms with Gasteiger partial charge < -0.3 is 20.4 Å². The molecule has 1 aromatic carbocycles. The lowest BCUT2D eigenvalue weighted by Crippen LogP contribution is -2.45. The third kappa shape index (κ3) is 7.37. The fourth-order valence-corrected chi connectivity index (χ4v) is 2.87. The van der Waals surface area contributed by atoms with Gasteiger partial charge in [0.25, 0.3) is 5.69 Å². The van der Waals surface area contributed by atoms with Crippen LogP contribution in [-0.4, -0.2) is 73.5 Å². The van der Waals surface area contributed by atoms with E-state index in [2.05, 4.69) is 27.5 Å². The third-order valence-electron chi connectivity index (χ3n) is 4.56. The first-order valence-electron chi connectivity index (χ1n) is 9.20. The van der Waals surface area contributed by atoms with Gasteiger partial charge in [-0.15, -0.1) is 0 Å². The molecule has 0 atom stereocenters. The molecule has 2 rings (SSSR count). The van der Waals surface area contributed by atoms with Gasteiger partial charge in [-0.25, -0.2) is 0 Å². The van der Waals surface area contributed by atoms with E-state index in [0.717, 1.165) is 57.8 Å². The highest BCUT2D eigenvalue weighted by molar-refractivity contribution is 5.75. The van der Waals surface area contributed by atoms with Crippen LogP contribution >= 0.6 is 0 Å². The summed E-state index contributed by atoms with van der Waals surface area (Å²) in [6, 6.07) is 6.29. The van der Waals surface area contributed by atoms with Crippen molar-refractivity contribution in [2.75, 3.05) is 58.2 Å². The van der Waals surface area contributed by atoms with E-state index in [-0.39, 0.29) is 11.6 Å². The molecule has 0 spiro atoms. The number of nitrogens with zero attached hydrogens (tertiary/aromatic N) is 3. The number of nitro benzene ring substituents is 1. The van der Waals surface area contributed by atoms with Crippen molar-refractivity contribution in [1.29, 1.82) is 0 Å². The summed E-state index contributed by atoms with van der Waals surface area (Å²) in [6.07, 6.45) is 2.19. The monoisotopic (exact) mass is 363 g/mol. The quantitative estimate of drug-likeness (QED) is 0.372. The Labute approximate surface area is 154 Å². The van der Waals surface area contributed by atoms with Crippen LogP contribution in [0.15, 0.2) is 24.3 Å². The van der Waals surface area contributed by atoms with E-state index in [0.29, 0.717) is 13.0 Å². The molecular formula is C18H29N5O3. The second kappa shape index (κ2) is 10.7. The SMILES string of the molecule is CN1CCN(CCCNC(=O)CCCNc2ccc([N+](=O)[O-])cc2)CC1. The molecule has 1 saturated heterocycles. The van der Waals surface area contributed by atoms with Crippen molar-refractivity contribution < 1.29 is 9.72 Å². The van der Waals surface area contributed by atoms with Gasteiger partial charge in [0, 0.05) is 63.5 Å². The van der Waals surface area contributed by atoms with E-state index in [4.69, 9.17) is 0 Å². The van der Waals surface area contributed by atoms with Gasteiger partial charge in [0.15, 0.2) is 0 Å². The molecule has 26 heavy (non-hydrogen) atoms. The van der Waals surface area contributed by atoms with E-state index in [1.165, 1.54) is 12.1 Å². The zero-order valence-electron chi connectivity index (χ0n) is 15.4. The Hall–Kier alpha value is -2.19. The molecule has 0 saturated carbocycles. The molecule has 1 heterocycles. The number of rotatable bonds is 10. The van der Waals surface area contributed by atoms with Crippen LogP contribution in [0.5, 0.6) is 0 Å². The zero-order valence-corrected chi connectivity index (χ0v) is 15.4. The largest absolute Gasteiger partial charge is 0.385 e. The number of nitrogens with one attached hydrogen (secondary N) is 2. The van der Waals surface area contributed by atoms with Crippen LogP contribution in [0.25, 0.3) is 0 Å². The molecule has 144 valence electrons. The number of amides is 1. The van der Waals surface area contributed by atoms with Crippen LogP contribution in [0.1, 0.15) is 19.3 Å². The van der Waals surface area contributed by atoms with Gasteiger partial charge in [0.05, 0.1) is 4.92 Å². The number of anilines is 1. The van der Waals surface area contributed by atoms with Crippen LogP contribution in [0.3, 0.4) is 0 Å². The Kier molecular flexibility index (Phi) is 8.30. The number of hydrogen-bond acceptors (Lipinski definition) is 6. The van der Waals surface area contributed by atoms with E-state index >= 15 is 0 Å². The van der Waals surface area contributed by atoms with Crippen LogP contribution in [0.4, 0.5) is 11.4 Å². The first kappa shape index (κ1) is 20.1. The molecule has 1 aromatic rings.